The first kappa shape index (κ1) is 18.8. The summed E-state index contributed by atoms with van der Waals surface area (Å²) >= 11 is 1.55. The third-order valence-corrected chi connectivity index (χ3v) is 4.70. The van der Waals surface area contributed by atoms with Crippen molar-refractivity contribution in [3.63, 3.8) is 0 Å². The number of aryl methyl sites for hydroxylation is 2. The van der Waals surface area contributed by atoms with E-state index >= 15 is 0 Å². The molecule has 3 aromatic rings. The highest BCUT2D eigenvalue weighted by Crippen LogP contribution is 2.22. The van der Waals surface area contributed by atoms with E-state index < -0.39 is 0 Å². The maximum absolute atomic E-state index is 12.2. The number of carbonyl (C=O) groups excluding carboxylic acids is 2. The van der Waals surface area contributed by atoms with Gasteiger partial charge in [0, 0.05) is 31.1 Å². The number of nitrogens with one attached hydrogen (secondary N) is 2. The van der Waals surface area contributed by atoms with Crippen LogP contribution in [0, 0.1) is 6.92 Å². The molecule has 7 nitrogen and oxygen atoms in total. The zero-order valence-corrected chi connectivity index (χ0v) is 15.9. The molecular weight excluding hydrogens is 364 g/mol. The summed E-state index contributed by atoms with van der Waals surface area (Å²) in [5.74, 6) is 0.846. The maximum atomic E-state index is 12.2. The van der Waals surface area contributed by atoms with E-state index in [0.29, 0.717) is 42.4 Å². The molecule has 1 aromatic carbocycles. The van der Waals surface area contributed by atoms with Crippen molar-refractivity contribution < 1.29 is 14.1 Å². The summed E-state index contributed by atoms with van der Waals surface area (Å²) in [7, 11) is 0. The van der Waals surface area contributed by atoms with Crippen LogP contribution < -0.4 is 10.6 Å². The second-order valence-corrected chi connectivity index (χ2v) is 7.05. The van der Waals surface area contributed by atoms with Gasteiger partial charge in [-0.25, -0.2) is 0 Å². The summed E-state index contributed by atoms with van der Waals surface area (Å²) in [5, 5.41) is 11.5. The molecule has 0 fully saturated rings. The fraction of sp³-hybridized carbons (Fsp3) is 0.263. The van der Waals surface area contributed by atoms with Gasteiger partial charge in [0.05, 0.1) is 4.88 Å². The molecule has 140 valence electrons. The van der Waals surface area contributed by atoms with Crippen LogP contribution in [0.2, 0.25) is 0 Å². The number of hydrogen-bond donors (Lipinski definition) is 2. The zero-order valence-electron chi connectivity index (χ0n) is 15.1. The Morgan fingerprint density at radius 1 is 1.22 bits per heavy atom. The van der Waals surface area contributed by atoms with Gasteiger partial charge in [-0.15, -0.1) is 11.3 Å². The second-order valence-electron chi connectivity index (χ2n) is 6.10. The van der Waals surface area contributed by atoms with E-state index in [1.165, 1.54) is 6.92 Å². The van der Waals surface area contributed by atoms with Gasteiger partial charge in [-0.3, -0.25) is 9.59 Å². The summed E-state index contributed by atoms with van der Waals surface area (Å²) in [6.45, 7) is 3.34. The number of nitrogens with zero attached hydrogens (tertiary/aromatic N) is 2. The molecule has 3 rings (SSSR count). The van der Waals surface area contributed by atoms with E-state index in [-0.39, 0.29) is 11.8 Å². The largest absolute Gasteiger partial charge is 0.339 e. The summed E-state index contributed by atoms with van der Waals surface area (Å²) in [6.07, 6.45) is 1.47. The van der Waals surface area contributed by atoms with Crippen molar-refractivity contribution in [3.8, 4) is 10.7 Å². The van der Waals surface area contributed by atoms with Crippen molar-refractivity contribution in [3.05, 3.63) is 47.2 Å². The number of rotatable bonds is 7. The molecule has 2 N–H and O–H groups in total. The summed E-state index contributed by atoms with van der Waals surface area (Å²) < 4.78 is 5.23. The van der Waals surface area contributed by atoms with Crippen molar-refractivity contribution in [2.24, 2.45) is 0 Å². The second kappa shape index (κ2) is 8.59. The van der Waals surface area contributed by atoms with Crippen LogP contribution in [-0.2, 0) is 16.0 Å². The molecule has 2 heterocycles. The molecule has 8 heteroatoms. The fourth-order valence-corrected chi connectivity index (χ4v) is 3.16. The highest BCUT2D eigenvalue weighted by molar-refractivity contribution is 7.13. The average Bonchev–Trinajstić information content (AvgIpc) is 3.28. The normalized spacial score (nSPS) is 10.6. The minimum atomic E-state index is -0.155. The van der Waals surface area contributed by atoms with E-state index in [4.69, 9.17) is 4.52 Å². The third kappa shape index (κ3) is 5.24. The van der Waals surface area contributed by atoms with Gasteiger partial charge in [0.15, 0.2) is 0 Å². The predicted molar refractivity (Wildman–Crippen MR) is 105 cm³/mol. The van der Waals surface area contributed by atoms with Crippen molar-refractivity contribution in [2.75, 3.05) is 10.6 Å². The van der Waals surface area contributed by atoms with E-state index in [1.807, 2.05) is 30.5 Å². The molecule has 0 aliphatic rings. The van der Waals surface area contributed by atoms with Gasteiger partial charge in [0.25, 0.3) is 0 Å². The number of benzene rings is 1. The van der Waals surface area contributed by atoms with Gasteiger partial charge in [-0.1, -0.05) is 17.3 Å². The van der Waals surface area contributed by atoms with Crippen molar-refractivity contribution in [1.82, 2.24) is 10.1 Å². The van der Waals surface area contributed by atoms with Crippen LogP contribution in [-0.4, -0.2) is 22.0 Å². The van der Waals surface area contributed by atoms with Crippen molar-refractivity contribution in [2.45, 2.75) is 33.1 Å². The van der Waals surface area contributed by atoms with Gasteiger partial charge >= 0.3 is 0 Å². The van der Waals surface area contributed by atoms with Crippen molar-refractivity contribution in [1.29, 1.82) is 0 Å². The van der Waals surface area contributed by atoms with Gasteiger partial charge < -0.3 is 15.2 Å². The molecule has 0 spiro atoms. The Bertz CT molecular complexity index is 934. The Labute approximate surface area is 160 Å². The number of amides is 2. The number of anilines is 2. The number of hydrogen-bond acceptors (Lipinski definition) is 6. The molecule has 2 aromatic heterocycles. The molecule has 0 saturated heterocycles. The van der Waals surface area contributed by atoms with Crippen LogP contribution in [0.4, 0.5) is 11.4 Å². The first-order valence-corrected chi connectivity index (χ1v) is 9.44. The Balaban J connectivity index is 1.51. The Morgan fingerprint density at radius 2 is 2.07 bits per heavy atom. The van der Waals surface area contributed by atoms with Crippen molar-refractivity contribution >= 4 is 34.5 Å². The Hall–Kier alpha value is -3.00. The zero-order chi connectivity index (χ0) is 19.2. The third-order valence-electron chi connectivity index (χ3n) is 3.84. The molecule has 27 heavy (non-hydrogen) atoms. The minimum Gasteiger partial charge on any atom is -0.339 e. The van der Waals surface area contributed by atoms with E-state index in [0.717, 1.165) is 10.4 Å². The van der Waals surface area contributed by atoms with Crippen LogP contribution in [0.5, 0.6) is 0 Å². The highest BCUT2D eigenvalue weighted by Gasteiger charge is 2.11. The molecular formula is C19H20N4O3S. The molecule has 0 aliphatic carbocycles. The monoisotopic (exact) mass is 384 g/mol. The number of aromatic nitrogens is 2. The summed E-state index contributed by atoms with van der Waals surface area (Å²) in [6, 6.07) is 9.27. The fourth-order valence-electron chi connectivity index (χ4n) is 2.51. The van der Waals surface area contributed by atoms with Gasteiger partial charge in [0.2, 0.25) is 23.5 Å². The minimum absolute atomic E-state index is 0.101. The first-order valence-electron chi connectivity index (χ1n) is 8.56. The smallest absolute Gasteiger partial charge is 0.226 e. The average molecular weight is 384 g/mol. The first-order chi connectivity index (χ1) is 13.0. The van der Waals surface area contributed by atoms with Crippen LogP contribution >= 0.6 is 11.3 Å². The van der Waals surface area contributed by atoms with Gasteiger partial charge in [-0.05, 0) is 42.5 Å². The topological polar surface area (TPSA) is 97.1 Å². The lowest BCUT2D eigenvalue weighted by Gasteiger charge is -2.10. The standard InChI is InChI=1S/C19H20N4O3S/c1-12-8-9-14(20-13(2)24)11-15(12)21-17(25)6-3-7-18-22-19(23-26-18)16-5-4-10-27-16/h4-5,8-11H,3,6-7H2,1-2H3,(H,20,24)(H,21,25). The maximum Gasteiger partial charge on any atom is 0.226 e. The summed E-state index contributed by atoms with van der Waals surface area (Å²) in [4.78, 5) is 28.7. The SMILES string of the molecule is CC(=O)Nc1ccc(C)c(NC(=O)CCCc2nc(-c3cccs3)no2)c1. The molecule has 0 atom stereocenters. The Kier molecular flexibility index (Phi) is 5.97. The molecule has 2 amide bonds. The lowest BCUT2D eigenvalue weighted by atomic mass is 10.1. The molecule has 0 saturated carbocycles. The number of thiophene rings is 1. The highest BCUT2D eigenvalue weighted by atomic mass is 32.1. The summed E-state index contributed by atoms with van der Waals surface area (Å²) in [5.41, 5.74) is 2.26. The molecule has 0 radical (unpaired) electrons. The van der Waals surface area contributed by atoms with Crippen LogP contribution in [0.1, 0.15) is 31.2 Å². The predicted octanol–water partition coefficient (Wildman–Crippen LogP) is 4.03. The van der Waals surface area contributed by atoms with E-state index in [1.54, 1.807) is 23.5 Å². The van der Waals surface area contributed by atoms with Crippen LogP contribution in [0.15, 0.2) is 40.2 Å². The van der Waals surface area contributed by atoms with Gasteiger partial charge in [0.1, 0.15) is 0 Å². The molecule has 0 bridgehead atoms. The van der Waals surface area contributed by atoms with Crippen LogP contribution in [0.3, 0.4) is 0 Å². The lowest BCUT2D eigenvalue weighted by molar-refractivity contribution is -0.116. The van der Waals surface area contributed by atoms with Gasteiger partial charge in [-0.2, -0.15) is 4.98 Å². The quantitative estimate of drug-likeness (QED) is 0.641. The molecule has 0 unspecified atom stereocenters. The van der Waals surface area contributed by atoms with E-state index in [9.17, 15) is 9.59 Å². The number of carbonyl (C=O) groups is 2. The molecule has 0 aliphatic heterocycles. The Morgan fingerprint density at radius 3 is 2.81 bits per heavy atom. The lowest BCUT2D eigenvalue weighted by Crippen LogP contribution is -2.13. The van der Waals surface area contributed by atoms with Crippen LogP contribution in [0.25, 0.3) is 10.7 Å². The van der Waals surface area contributed by atoms with E-state index in [2.05, 4.69) is 20.8 Å².